The van der Waals surface area contributed by atoms with Gasteiger partial charge < -0.3 is 4.90 Å². The van der Waals surface area contributed by atoms with Crippen LogP contribution in [0.25, 0.3) is 0 Å². The van der Waals surface area contributed by atoms with E-state index >= 15 is 0 Å². The zero-order valence-corrected chi connectivity index (χ0v) is 18.1. The first kappa shape index (κ1) is 20.8. The average Bonchev–Trinajstić information content (AvgIpc) is 2.72. The van der Waals surface area contributed by atoms with Crippen LogP contribution in [-0.4, -0.2) is 64.7 Å². The molecule has 0 aliphatic carbocycles. The van der Waals surface area contributed by atoms with Crippen molar-refractivity contribution in [1.82, 2.24) is 19.8 Å². The molecule has 1 saturated heterocycles. The van der Waals surface area contributed by atoms with Gasteiger partial charge in [0.15, 0.2) is 0 Å². The SMILES string of the molecule is CSc1nc(C(C)C)nc(C)c1C(=O)N1CCN(CCc2ccccc2)CC1. The van der Waals surface area contributed by atoms with Crippen LogP contribution in [0.4, 0.5) is 0 Å². The number of piperazine rings is 1. The maximum absolute atomic E-state index is 13.2. The van der Waals surface area contributed by atoms with Crippen molar-refractivity contribution in [2.75, 3.05) is 39.0 Å². The van der Waals surface area contributed by atoms with Gasteiger partial charge in [0.05, 0.1) is 11.3 Å². The molecule has 6 heteroatoms. The third-order valence-electron chi connectivity index (χ3n) is 5.22. The van der Waals surface area contributed by atoms with E-state index in [4.69, 9.17) is 0 Å². The van der Waals surface area contributed by atoms with Crippen LogP contribution in [0.2, 0.25) is 0 Å². The van der Waals surface area contributed by atoms with Crippen LogP contribution < -0.4 is 0 Å². The molecule has 1 aliphatic heterocycles. The first-order chi connectivity index (χ1) is 13.5. The number of benzene rings is 1. The molecule has 1 aromatic carbocycles. The molecule has 0 N–H and O–H groups in total. The number of carbonyl (C=O) groups excluding carboxylic acids is 1. The minimum absolute atomic E-state index is 0.0693. The molecule has 3 rings (SSSR count). The monoisotopic (exact) mass is 398 g/mol. The number of aromatic nitrogens is 2. The second-order valence-corrected chi connectivity index (χ2v) is 8.37. The Bertz CT molecular complexity index is 802. The number of hydrogen-bond donors (Lipinski definition) is 0. The molecule has 1 aromatic heterocycles. The van der Waals surface area contributed by atoms with Gasteiger partial charge in [0, 0.05) is 38.6 Å². The Hall–Kier alpha value is -1.92. The van der Waals surface area contributed by atoms with Gasteiger partial charge in [-0.05, 0) is 25.2 Å². The topological polar surface area (TPSA) is 49.3 Å². The Morgan fingerprint density at radius 3 is 2.39 bits per heavy atom. The van der Waals surface area contributed by atoms with Crippen molar-refractivity contribution in [3.63, 3.8) is 0 Å². The number of rotatable bonds is 6. The molecule has 1 fully saturated rings. The first-order valence-corrected chi connectivity index (χ1v) is 11.2. The molecule has 0 bridgehead atoms. The normalized spacial score (nSPS) is 15.2. The van der Waals surface area contributed by atoms with E-state index in [1.165, 1.54) is 17.3 Å². The summed E-state index contributed by atoms with van der Waals surface area (Å²) >= 11 is 1.53. The number of hydrogen-bond acceptors (Lipinski definition) is 5. The van der Waals surface area contributed by atoms with Crippen LogP contribution >= 0.6 is 11.8 Å². The summed E-state index contributed by atoms with van der Waals surface area (Å²) in [5.41, 5.74) is 2.83. The van der Waals surface area contributed by atoms with Gasteiger partial charge in [0.1, 0.15) is 10.9 Å². The van der Waals surface area contributed by atoms with Crippen molar-refractivity contribution in [2.24, 2.45) is 0 Å². The largest absolute Gasteiger partial charge is 0.336 e. The molecule has 1 aliphatic rings. The van der Waals surface area contributed by atoms with Crippen molar-refractivity contribution in [3.05, 3.63) is 53.0 Å². The van der Waals surface area contributed by atoms with Gasteiger partial charge in [0.2, 0.25) is 0 Å². The van der Waals surface area contributed by atoms with E-state index in [9.17, 15) is 4.79 Å². The Morgan fingerprint density at radius 2 is 1.79 bits per heavy atom. The molecule has 0 atom stereocenters. The van der Waals surface area contributed by atoms with Gasteiger partial charge >= 0.3 is 0 Å². The maximum atomic E-state index is 13.2. The van der Waals surface area contributed by atoms with E-state index in [1.807, 2.05) is 18.1 Å². The fraction of sp³-hybridized carbons (Fsp3) is 0.500. The molecule has 0 radical (unpaired) electrons. The molecule has 1 amide bonds. The predicted octanol–water partition coefficient (Wildman–Crippen LogP) is 3.63. The number of carbonyl (C=O) groups is 1. The van der Waals surface area contributed by atoms with Gasteiger partial charge in [-0.2, -0.15) is 0 Å². The van der Waals surface area contributed by atoms with E-state index < -0.39 is 0 Å². The van der Waals surface area contributed by atoms with E-state index in [1.54, 1.807) is 0 Å². The smallest absolute Gasteiger partial charge is 0.258 e. The summed E-state index contributed by atoms with van der Waals surface area (Å²) in [5.74, 6) is 1.13. The van der Waals surface area contributed by atoms with Crippen LogP contribution in [0.15, 0.2) is 35.4 Å². The number of aryl methyl sites for hydroxylation is 1. The van der Waals surface area contributed by atoms with Crippen molar-refractivity contribution >= 4 is 17.7 Å². The third-order valence-corrected chi connectivity index (χ3v) is 5.90. The lowest BCUT2D eigenvalue weighted by atomic mass is 10.1. The quantitative estimate of drug-likeness (QED) is 0.549. The maximum Gasteiger partial charge on any atom is 0.258 e. The molecular formula is C22H30N4OS. The summed E-state index contributed by atoms with van der Waals surface area (Å²) in [5, 5.41) is 0.799. The van der Waals surface area contributed by atoms with E-state index in [0.29, 0.717) is 5.56 Å². The average molecular weight is 399 g/mol. The molecule has 5 nitrogen and oxygen atoms in total. The summed E-state index contributed by atoms with van der Waals surface area (Å²) in [6, 6.07) is 10.6. The molecular weight excluding hydrogens is 368 g/mol. The minimum Gasteiger partial charge on any atom is -0.336 e. The first-order valence-electron chi connectivity index (χ1n) is 9.97. The number of nitrogens with zero attached hydrogens (tertiary/aromatic N) is 4. The Balaban J connectivity index is 1.62. The summed E-state index contributed by atoms with van der Waals surface area (Å²) in [7, 11) is 0. The highest BCUT2D eigenvalue weighted by Gasteiger charge is 2.27. The van der Waals surface area contributed by atoms with Crippen molar-refractivity contribution < 1.29 is 4.79 Å². The Morgan fingerprint density at radius 1 is 1.11 bits per heavy atom. The lowest BCUT2D eigenvalue weighted by Crippen LogP contribution is -2.49. The Kier molecular flexibility index (Phi) is 7.08. The van der Waals surface area contributed by atoms with Crippen molar-refractivity contribution in [3.8, 4) is 0 Å². The number of thioether (sulfide) groups is 1. The number of amides is 1. The lowest BCUT2D eigenvalue weighted by molar-refractivity contribution is 0.0632. The van der Waals surface area contributed by atoms with Crippen molar-refractivity contribution in [2.45, 2.75) is 38.1 Å². The van der Waals surface area contributed by atoms with Gasteiger partial charge in [0.25, 0.3) is 5.91 Å². The summed E-state index contributed by atoms with van der Waals surface area (Å²) in [6.07, 6.45) is 3.03. The van der Waals surface area contributed by atoms with Crippen LogP contribution in [0.3, 0.4) is 0 Å². The lowest BCUT2D eigenvalue weighted by Gasteiger charge is -2.35. The van der Waals surface area contributed by atoms with Crippen LogP contribution in [-0.2, 0) is 6.42 Å². The molecule has 150 valence electrons. The highest BCUT2D eigenvalue weighted by Crippen LogP contribution is 2.25. The second-order valence-electron chi connectivity index (χ2n) is 7.58. The minimum atomic E-state index is 0.0693. The molecule has 0 saturated carbocycles. The van der Waals surface area contributed by atoms with Crippen LogP contribution in [0.1, 0.15) is 47.2 Å². The Labute approximate surface area is 172 Å². The van der Waals surface area contributed by atoms with Gasteiger partial charge in [-0.3, -0.25) is 9.69 Å². The molecule has 2 aromatic rings. The zero-order chi connectivity index (χ0) is 20.1. The second kappa shape index (κ2) is 9.52. The predicted molar refractivity (Wildman–Crippen MR) is 115 cm³/mol. The molecule has 0 spiro atoms. The van der Waals surface area contributed by atoms with Gasteiger partial charge in [-0.25, -0.2) is 9.97 Å². The highest BCUT2D eigenvalue weighted by molar-refractivity contribution is 7.98. The highest BCUT2D eigenvalue weighted by atomic mass is 32.2. The summed E-state index contributed by atoms with van der Waals surface area (Å²) < 4.78 is 0. The van der Waals surface area contributed by atoms with E-state index in [0.717, 1.165) is 55.7 Å². The van der Waals surface area contributed by atoms with E-state index in [2.05, 4.69) is 59.0 Å². The standard InChI is InChI=1S/C22H30N4OS/c1-16(2)20-23-17(3)19(21(24-20)28-4)22(27)26-14-12-25(13-15-26)11-10-18-8-6-5-7-9-18/h5-9,16H,10-15H2,1-4H3. The zero-order valence-electron chi connectivity index (χ0n) is 17.3. The fourth-order valence-corrected chi connectivity index (χ4v) is 4.11. The molecule has 28 heavy (non-hydrogen) atoms. The third kappa shape index (κ3) is 4.92. The van der Waals surface area contributed by atoms with Crippen LogP contribution in [0, 0.1) is 6.92 Å². The summed E-state index contributed by atoms with van der Waals surface area (Å²) in [6.45, 7) is 10.5. The van der Waals surface area contributed by atoms with Gasteiger partial charge in [-0.15, -0.1) is 11.8 Å². The molecule has 2 heterocycles. The van der Waals surface area contributed by atoms with E-state index in [-0.39, 0.29) is 11.8 Å². The summed E-state index contributed by atoms with van der Waals surface area (Å²) in [4.78, 5) is 26.8. The van der Waals surface area contributed by atoms with Gasteiger partial charge in [-0.1, -0.05) is 44.2 Å². The fourth-order valence-electron chi connectivity index (χ4n) is 3.48. The van der Waals surface area contributed by atoms with Crippen molar-refractivity contribution in [1.29, 1.82) is 0 Å². The molecule has 0 unspecified atom stereocenters. The van der Waals surface area contributed by atoms with Crippen LogP contribution in [0.5, 0.6) is 0 Å².